The highest BCUT2D eigenvalue weighted by Crippen LogP contribution is 2.27. The van der Waals surface area contributed by atoms with Gasteiger partial charge in [0.05, 0.1) is 24.4 Å². The van der Waals surface area contributed by atoms with Gasteiger partial charge in [-0.1, -0.05) is 44.9 Å². The van der Waals surface area contributed by atoms with Gasteiger partial charge in [-0.2, -0.15) is 0 Å². The molecule has 3 aromatic rings. The summed E-state index contributed by atoms with van der Waals surface area (Å²) in [7, 11) is 1.70. The maximum atomic E-state index is 12.4. The van der Waals surface area contributed by atoms with Gasteiger partial charge in [-0.15, -0.1) is 0 Å². The zero-order valence-electron chi connectivity index (χ0n) is 24.4. The van der Waals surface area contributed by atoms with E-state index in [1.807, 2.05) is 69.3 Å². The molecule has 0 saturated carbocycles. The summed E-state index contributed by atoms with van der Waals surface area (Å²) in [4.78, 5) is 18.8. The molecule has 1 heterocycles. The molecule has 0 radical (unpaired) electrons. The number of hydrogen-bond donors (Lipinski definition) is 0. The Morgan fingerprint density at radius 1 is 0.897 bits per heavy atom. The number of fused-ring (bicyclic) bond motifs is 1. The largest absolute Gasteiger partial charge is 0.486 e. The summed E-state index contributed by atoms with van der Waals surface area (Å²) in [5, 5.41) is 1.03. The molecule has 0 aliphatic rings. The van der Waals surface area contributed by atoms with Crippen molar-refractivity contribution in [3.05, 3.63) is 54.6 Å². The van der Waals surface area contributed by atoms with Gasteiger partial charge in [-0.3, -0.25) is 4.90 Å². The number of anilines is 1. The van der Waals surface area contributed by atoms with Gasteiger partial charge in [0.2, 0.25) is 0 Å². The minimum absolute atomic E-state index is 0.186. The summed E-state index contributed by atoms with van der Waals surface area (Å²) < 4.78 is 23.4. The lowest BCUT2D eigenvalue weighted by Crippen LogP contribution is -2.34. The van der Waals surface area contributed by atoms with Gasteiger partial charge in [-0.05, 0) is 63.9 Å². The summed E-state index contributed by atoms with van der Waals surface area (Å²) in [5.74, 6) is 0.740. The number of carbonyl (C=O) groups excluding carboxylic acids is 1. The molecular formula is C32H44N2O5. The number of ether oxygens (including phenoxy) is 4. The number of unbranched alkanes of at least 4 members (excludes halogenated alkanes) is 2. The monoisotopic (exact) mass is 536 g/mol. The van der Waals surface area contributed by atoms with E-state index in [0.717, 1.165) is 72.5 Å². The molecule has 212 valence electrons. The van der Waals surface area contributed by atoms with Crippen LogP contribution in [0.4, 0.5) is 10.5 Å². The Kier molecular flexibility index (Phi) is 11.6. The van der Waals surface area contributed by atoms with Crippen molar-refractivity contribution >= 4 is 22.7 Å². The molecule has 0 N–H and O–H groups in total. The molecule has 0 fully saturated rings. The first kappa shape index (κ1) is 30.4. The first-order valence-corrected chi connectivity index (χ1v) is 14.0. The third-order valence-corrected chi connectivity index (χ3v) is 6.08. The van der Waals surface area contributed by atoms with E-state index in [1.54, 1.807) is 7.05 Å². The van der Waals surface area contributed by atoms with Gasteiger partial charge >= 0.3 is 6.09 Å². The van der Waals surface area contributed by atoms with Crippen LogP contribution in [-0.2, 0) is 14.2 Å². The maximum absolute atomic E-state index is 12.4. The van der Waals surface area contributed by atoms with Crippen LogP contribution in [0, 0.1) is 0 Å². The standard InChI is InChI=1S/C32H44N2O5/c1-7-9-19-36-22-28(23-37-20-10-8-2)38-27-17-13-25-14-18-29(33-30(25)21-27)24-11-15-26(16-12-24)34(6)31(35)39-32(3,4)5/h11-18,21,28H,7-10,19-20,22-23H2,1-6H3. The van der Waals surface area contributed by atoms with E-state index in [1.165, 1.54) is 4.90 Å². The Morgan fingerprint density at radius 3 is 2.10 bits per heavy atom. The lowest BCUT2D eigenvalue weighted by molar-refractivity contribution is -0.00731. The number of benzene rings is 2. The second-order valence-corrected chi connectivity index (χ2v) is 10.7. The second kappa shape index (κ2) is 14.8. The second-order valence-electron chi connectivity index (χ2n) is 10.7. The molecule has 1 amide bonds. The van der Waals surface area contributed by atoms with E-state index in [0.29, 0.717) is 13.2 Å². The van der Waals surface area contributed by atoms with E-state index in [4.69, 9.17) is 23.9 Å². The zero-order chi connectivity index (χ0) is 28.3. The highest BCUT2D eigenvalue weighted by Gasteiger charge is 2.20. The molecule has 2 aromatic carbocycles. The van der Waals surface area contributed by atoms with Gasteiger partial charge in [0, 0.05) is 43.0 Å². The maximum Gasteiger partial charge on any atom is 0.414 e. The van der Waals surface area contributed by atoms with E-state index in [9.17, 15) is 4.79 Å². The van der Waals surface area contributed by atoms with Gasteiger partial charge in [-0.25, -0.2) is 9.78 Å². The van der Waals surface area contributed by atoms with Crippen LogP contribution in [0.5, 0.6) is 5.75 Å². The van der Waals surface area contributed by atoms with Crippen LogP contribution in [0.25, 0.3) is 22.2 Å². The summed E-state index contributed by atoms with van der Waals surface area (Å²) in [5.41, 5.74) is 2.84. The minimum atomic E-state index is -0.549. The Hall–Kier alpha value is -3.16. The average molecular weight is 537 g/mol. The fraction of sp³-hybridized carbons (Fsp3) is 0.500. The Balaban J connectivity index is 1.72. The quantitative estimate of drug-likeness (QED) is 0.197. The van der Waals surface area contributed by atoms with Crippen molar-refractivity contribution in [2.75, 3.05) is 38.4 Å². The smallest absolute Gasteiger partial charge is 0.414 e. The fourth-order valence-electron chi connectivity index (χ4n) is 3.85. The van der Waals surface area contributed by atoms with Crippen LogP contribution in [0.1, 0.15) is 60.3 Å². The number of nitrogens with zero attached hydrogens (tertiary/aromatic N) is 2. The van der Waals surface area contributed by atoms with Crippen LogP contribution in [0.2, 0.25) is 0 Å². The van der Waals surface area contributed by atoms with Crippen molar-refractivity contribution in [1.82, 2.24) is 4.98 Å². The molecule has 7 heteroatoms. The summed E-state index contributed by atoms with van der Waals surface area (Å²) in [6.07, 6.45) is 3.68. The molecule has 39 heavy (non-hydrogen) atoms. The normalized spacial score (nSPS) is 11.7. The zero-order valence-corrected chi connectivity index (χ0v) is 24.4. The van der Waals surface area contributed by atoms with E-state index in [-0.39, 0.29) is 6.10 Å². The molecule has 0 atom stereocenters. The summed E-state index contributed by atoms with van der Waals surface area (Å²) >= 11 is 0. The lowest BCUT2D eigenvalue weighted by atomic mass is 10.1. The minimum Gasteiger partial charge on any atom is -0.486 e. The molecule has 3 rings (SSSR count). The average Bonchev–Trinajstić information content (AvgIpc) is 2.91. The molecule has 0 aliphatic carbocycles. The van der Waals surface area contributed by atoms with Crippen LogP contribution in [-0.4, -0.2) is 56.3 Å². The van der Waals surface area contributed by atoms with Gasteiger partial charge in [0.1, 0.15) is 17.5 Å². The van der Waals surface area contributed by atoms with Crippen LogP contribution < -0.4 is 9.64 Å². The van der Waals surface area contributed by atoms with Crippen molar-refractivity contribution in [2.24, 2.45) is 0 Å². The molecule has 0 unspecified atom stereocenters. The van der Waals surface area contributed by atoms with Crippen molar-refractivity contribution in [2.45, 2.75) is 72.0 Å². The van der Waals surface area contributed by atoms with Crippen molar-refractivity contribution in [1.29, 1.82) is 0 Å². The van der Waals surface area contributed by atoms with Crippen LogP contribution >= 0.6 is 0 Å². The van der Waals surface area contributed by atoms with E-state index >= 15 is 0 Å². The van der Waals surface area contributed by atoms with Gasteiger partial charge < -0.3 is 18.9 Å². The van der Waals surface area contributed by atoms with Crippen molar-refractivity contribution in [3.8, 4) is 17.0 Å². The number of amides is 1. The Labute approximate surface area is 233 Å². The number of carbonyl (C=O) groups is 1. The fourth-order valence-corrected chi connectivity index (χ4v) is 3.85. The lowest BCUT2D eigenvalue weighted by Gasteiger charge is -2.24. The Morgan fingerprint density at radius 2 is 1.51 bits per heavy atom. The SMILES string of the molecule is CCCCOCC(COCCCC)Oc1ccc2ccc(-c3ccc(N(C)C(=O)OC(C)(C)C)cc3)nc2c1. The number of pyridine rings is 1. The van der Waals surface area contributed by atoms with E-state index < -0.39 is 11.7 Å². The summed E-state index contributed by atoms with van der Waals surface area (Å²) in [6.45, 7) is 12.3. The van der Waals surface area contributed by atoms with E-state index in [2.05, 4.69) is 19.9 Å². The number of rotatable bonds is 14. The highest BCUT2D eigenvalue weighted by atomic mass is 16.6. The molecule has 7 nitrogen and oxygen atoms in total. The predicted molar refractivity (Wildman–Crippen MR) is 158 cm³/mol. The number of aromatic nitrogens is 1. The molecule has 0 saturated heterocycles. The third kappa shape index (κ3) is 9.83. The first-order chi connectivity index (χ1) is 18.7. The molecule has 0 aliphatic heterocycles. The topological polar surface area (TPSA) is 70.1 Å². The predicted octanol–water partition coefficient (Wildman–Crippen LogP) is 7.65. The van der Waals surface area contributed by atoms with Crippen LogP contribution in [0.3, 0.4) is 0 Å². The molecule has 0 bridgehead atoms. The van der Waals surface area contributed by atoms with Gasteiger partial charge in [0.25, 0.3) is 0 Å². The molecule has 0 spiro atoms. The van der Waals surface area contributed by atoms with Gasteiger partial charge in [0.15, 0.2) is 0 Å². The highest BCUT2D eigenvalue weighted by molar-refractivity contribution is 5.88. The third-order valence-electron chi connectivity index (χ3n) is 6.08. The van der Waals surface area contributed by atoms with Crippen molar-refractivity contribution < 1.29 is 23.7 Å². The summed E-state index contributed by atoms with van der Waals surface area (Å²) in [6, 6.07) is 17.7. The number of hydrogen-bond acceptors (Lipinski definition) is 6. The molecule has 1 aromatic heterocycles. The Bertz CT molecular complexity index is 1160. The van der Waals surface area contributed by atoms with Crippen LogP contribution in [0.15, 0.2) is 54.6 Å². The van der Waals surface area contributed by atoms with Crippen molar-refractivity contribution in [3.63, 3.8) is 0 Å². The first-order valence-electron chi connectivity index (χ1n) is 14.0. The molecular weight excluding hydrogens is 492 g/mol.